The fourth-order valence-corrected chi connectivity index (χ4v) is 2.92. The number of hydrogen-bond acceptors (Lipinski definition) is 5. The van der Waals surface area contributed by atoms with Crippen molar-refractivity contribution in [2.75, 3.05) is 16.4 Å². The Morgan fingerprint density at radius 2 is 1.85 bits per heavy atom. The minimum absolute atomic E-state index is 0.375. The molecular formula is C21H19FN4O. The molecule has 136 valence electrons. The highest BCUT2D eigenvalue weighted by molar-refractivity contribution is 5.82. The number of aliphatic imine (C=N–C) groups is 1. The number of nitrogens with two attached hydrogens (primary N) is 1. The minimum atomic E-state index is -0.534. The van der Waals surface area contributed by atoms with Crippen molar-refractivity contribution in [1.82, 2.24) is 0 Å². The Hall–Kier alpha value is -3.54. The van der Waals surface area contributed by atoms with E-state index >= 15 is 0 Å². The summed E-state index contributed by atoms with van der Waals surface area (Å²) < 4.78 is 20.6. The molecule has 1 unspecified atom stereocenters. The van der Waals surface area contributed by atoms with Gasteiger partial charge >= 0.3 is 0 Å². The highest BCUT2D eigenvalue weighted by atomic mass is 19.1. The lowest BCUT2D eigenvalue weighted by Gasteiger charge is -2.24. The second-order valence-electron chi connectivity index (χ2n) is 6.23. The van der Waals surface area contributed by atoms with E-state index in [0.717, 1.165) is 11.3 Å². The molecule has 3 aromatic rings. The largest absolute Gasteiger partial charge is 0.489 e. The van der Waals surface area contributed by atoms with E-state index in [1.54, 1.807) is 24.5 Å². The van der Waals surface area contributed by atoms with Gasteiger partial charge in [0.15, 0.2) is 6.17 Å². The van der Waals surface area contributed by atoms with Crippen LogP contribution in [0, 0.1) is 5.82 Å². The van der Waals surface area contributed by atoms with Gasteiger partial charge in [0.2, 0.25) is 0 Å². The molecule has 1 aliphatic heterocycles. The molecule has 1 heterocycles. The van der Waals surface area contributed by atoms with Crippen molar-refractivity contribution in [1.29, 1.82) is 0 Å². The van der Waals surface area contributed by atoms with E-state index in [4.69, 9.17) is 10.5 Å². The number of fused-ring (bicyclic) bond motifs is 1. The third-order valence-corrected chi connectivity index (χ3v) is 4.28. The highest BCUT2D eigenvalue weighted by Gasteiger charge is 2.23. The number of nitrogens with zero attached hydrogens (tertiary/aromatic N) is 1. The second-order valence-corrected chi connectivity index (χ2v) is 6.23. The Bertz CT molecular complexity index is 958. The molecule has 4 rings (SSSR count). The molecule has 0 aromatic heterocycles. The molecule has 5 nitrogen and oxygen atoms in total. The zero-order valence-corrected chi connectivity index (χ0v) is 14.5. The van der Waals surface area contributed by atoms with Gasteiger partial charge in [-0.3, -0.25) is 0 Å². The van der Waals surface area contributed by atoms with Gasteiger partial charge in [-0.1, -0.05) is 30.3 Å². The van der Waals surface area contributed by atoms with Crippen molar-refractivity contribution in [2.45, 2.75) is 12.8 Å². The number of rotatable bonds is 5. The maximum absolute atomic E-state index is 14.8. The molecule has 0 fully saturated rings. The number of benzene rings is 3. The summed E-state index contributed by atoms with van der Waals surface area (Å²) in [5.74, 6) is 0.0806. The molecular weight excluding hydrogens is 343 g/mol. The third kappa shape index (κ3) is 3.84. The summed E-state index contributed by atoms with van der Waals surface area (Å²) in [6.45, 7) is 0.375. The maximum Gasteiger partial charge on any atom is 0.151 e. The molecule has 0 radical (unpaired) electrons. The quantitative estimate of drug-likeness (QED) is 0.582. The van der Waals surface area contributed by atoms with E-state index in [9.17, 15) is 4.39 Å². The molecule has 0 spiro atoms. The van der Waals surface area contributed by atoms with Gasteiger partial charge in [0.1, 0.15) is 18.2 Å². The van der Waals surface area contributed by atoms with Crippen LogP contribution in [0.25, 0.3) is 0 Å². The fraction of sp³-hybridized carbons (Fsp3) is 0.0952. The van der Waals surface area contributed by atoms with Gasteiger partial charge in [-0.15, -0.1) is 0 Å². The van der Waals surface area contributed by atoms with E-state index in [1.807, 2.05) is 42.5 Å². The molecule has 6 heteroatoms. The van der Waals surface area contributed by atoms with E-state index in [1.165, 1.54) is 6.07 Å². The monoisotopic (exact) mass is 362 g/mol. The summed E-state index contributed by atoms with van der Waals surface area (Å²) in [5.41, 5.74) is 9.28. The number of nitrogens with one attached hydrogen (secondary N) is 2. The van der Waals surface area contributed by atoms with Crippen LogP contribution in [0.3, 0.4) is 0 Å². The molecule has 1 aliphatic rings. The molecule has 0 saturated carbocycles. The van der Waals surface area contributed by atoms with E-state index in [-0.39, 0.29) is 5.82 Å². The summed E-state index contributed by atoms with van der Waals surface area (Å²) in [4.78, 5) is 4.31. The van der Waals surface area contributed by atoms with Crippen LogP contribution in [0.1, 0.15) is 17.3 Å². The van der Waals surface area contributed by atoms with Crippen LogP contribution >= 0.6 is 0 Å². The Kier molecular flexibility index (Phi) is 4.61. The first kappa shape index (κ1) is 16.9. The standard InChI is InChI=1S/C21H19FN4O/c22-18-10-17(27-12-14-4-2-1-3-5-14)11-19-20(18)21(25-13-24-19)26-16-8-6-15(23)7-9-16/h1-11,13,21,26H,12,23H2,(H,24,25). The maximum atomic E-state index is 14.8. The highest BCUT2D eigenvalue weighted by Crippen LogP contribution is 2.35. The summed E-state index contributed by atoms with van der Waals surface area (Å²) in [6, 6.07) is 20.2. The molecule has 0 amide bonds. The van der Waals surface area contributed by atoms with E-state index < -0.39 is 6.17 Å². The third-order valence-electron chi connectivity index (χ3n) is 4.28. The average Bonchev–Trinajstić information content (AvgIpc) is 2.69. The van der Waals surface area contributed by atoms with E-state index in [2.05, 4.69) is 15.6 Å². The molecule has 1 atom stereocenters. The lowest BCUT2D eigenvalue weighted by molar-refractivity contribution is 0.304. The lowest BCUT2D eigenvalue weighted by atomic mass is 10.1. The van der Waals surface area contributed by atoms with Crippen molar-refractivity contribution in [3.63, 3.8) is 0 Å². The number of anilines is 3. The molecule has 3 aromatic carbocycles. The van der Waals surface area contributed by atoms with Crippen LogP contribution in [0.15, 0.2) is 71.7 Å². The second kappa shape index (κ2) is 7.37. The van der Waals surface area contributed by atoms with Crippen LogP contribution in [0.2, 0.25) is 0 Å². The topological polar surface area (TPSA) is 71.7 Å². The summed E-state index contributed by atoms with van der Waals surface area (Å²) in [6.07, 6.45) is 1.02. The first-order valence-corrected chi connectivity index (χ1v) is 8.59. The number of ether oxygens (including phenoxy) is 1. The van der Waals surface area contributed by atoms with Gasteiger partial charge in [0, 0.05) is 23.5 Å². The smallest absolute Gasteiger partial charge is 0.151 e. The Labute approximate surface area is 156 Å². The summed E-state index contributed by atoms with van der Waals surface area (Å²) >= 11 is 0. The van der Waals surface area contributed by atoms with Crippen molar-refractivity contribution < 1.29 is 9.13 Å². The molecule has 0 aliphatic carbocycles. The average molecular weight is 362 g/mol. The fourth-order valence-electron chi connectivity index (χ4n) is 2.92. The Balaban J connectivity index is 1.54. The van der Waals surface area contributed by atoms with Crippen molar-refractivity contribution >= 4 is 23.4 Å². The van der Waals surface area contributed by atoms with Gasteiger partial charge in [0.05, 0.1) is 17.6 Å². The number of hydrogen-bond donors (Lipinski definition) is 3. The SMILES string of the molecule is Nc1ccc(NC2N=CNc3cc(OCc4ccccc4)cc(F)c32)cc1. The number of nitrogen functional groups attached to an aromatic ring is 1. The van der Waals surface area contributed by atoms with Crippen LogP contribution < -0.4 is 21.1 Å². The molecule has 0 saturated heterocycles. The zero-order valence-electron chi connectivity index (χ0n) is 14.5. The summed E-state index contributed by atoms with van der Waals surface area (Å²) in [5, 5.41) is 6.20. The van der Waals surface area contributed by atoms with Crippen LogP contribution in [-0.4, -0.2) is 6.34 Å². The Morgan fingerprint density at radius 1 is 1.07 bits per heavy atom. The van der Waals surface area contributed by atoms with Gasteiger partial charge in [-0.2, -0.15) is 0 Å². The normalized spacial score (nSPS) is 14.9. The molecule has 27 heavy (non-hydrogen) atoms. The van der Waals surface area contributed by atoms with Crippen molar-refractivity contribution in [3.8, 4) is 5.75 Å². The van der Waals surface area contributed by atoms with Crippen LogP contribution in [-0.2, 0) is 6.61 Å². The van der Waals surface area contributed by atoms with Gasteiger partial charge in [0.25, 0.3) is 0 Å². The van der Waals surface area contributed by atoms with Crippen LogP contribution in [0.5, 0.6) is 5.75 Å². The lowest BCUT2D eigenvalue weighted by Crippen LogP contribution is -2.18. The molecule has 4 N–H and O–H groups in total. The first-order valence-electron chi connectivity index (χ1n) is 8.59. The summed E-state index contributed by atoms with van der Waals surface area (Å²) in [7, 11) is 0. The Morgan fingerprint density at radius 3 is 2.63 bits per heavy atom. The zero-order chi connectivity index (χ0) is 18.6. The predicted molar refractivity (Wildman–Crippen MR) is 107 cm³/mol. The minimum Gasteiger partial charge on any atom is -0.489 e. The van der Waals surface area contributed by atoms with Gasteiger partial charge in [-0.25, -0.2) is 9.38 Å². The predicted octanol–water partition coefficient (Wildman–Crippen LogP) is 4.55. The van der Waals surface area contributed by atoms with Crippen molar-refractivity contribution in [2.24, 2.45) is 4.99 Å². The van der Waals surface area contributed by atoms with Gasteiger partial charge in [-0.05, 0) is 29.8 Å². The molecule has 0 bridgehead atoms. The number of halogens is 1. The van der Waals surface area contributed by atoms with Crippen LogP contribution in [0.4, 0.5) is 21.5 Å². The van der Waals surface area contributed by atoms with Gasteiger partial charge < -0.3 is 21.1 Å². The van der Waals surface area contributed by atoms with Crippen molar-refractivity contribution in [3.05, 3.63) is 83.7 Å². The van der Waals surface area contributed by atoms with E-state index in [0.29, 0.717) is 29.3 Å². The first-order chi connectivity index (χ1) is 13.2.